The van der Waals surface area contributed by atoms with E-state index in [-0.39, 0.29) is 11.6 Å². The lowest BCUT2D eigenvalue weighted by Crippen LogP contribution is -2.31. The summed E-state index contributed by atoms with van der Waals surface area (Å²) in [5.74, 6) is 2.13. The normalized spacial score (nSPS) is 17.3. The number of piperidine rings is 1. The summed E-state index contributed by atoms with van der Waals surface area (Å²) in [7, 11) is 0. The van der Waals surface area contributed by atoms with Gasteiger partial charge in [-0.2, -0.15) is 5.10 Å². The molecule has 1 aliphatic rings. The summed E-state index contributed by atoms with van der Waals surface area (Å²) >= 11 is 0. The maximum atomic E-state index is 13.1. The van der Waals surface area contributed by atoms with Crippen LogP contribution in [0.4, 0.5) is 0 Å². The fraction of sp³-hybridized carbons (Fsp3) is 0.450. The molecule has 0 amide bonds. The second kappa shape index (κ2) is 7.92. The van der Waals surface area contributed by atoms with Gasteiger partial charge in [0.05, 0.1) is 5.69 Å². The van der Waals surface area contributed by atoms with Crippen molar-refractivity contribution in [3.8, 4) is 5.69 Å². The van der Waals surface area contributed by atoms with Crippen molar-refractivity contribution in [1.82, 2.24) is 29.2 Å². The number of benzene rings is 1. The molecule has 1 fully saturated rings. The van der Waals surface area contributed by atoms with E-state index >= 15 is 0 Å². The quantitative estimate of drug-likeness (QED) is 0.725. The average Bonchev–Trinajstić information content (AvgIpc) is 3.26. The number of nitrogens with one attached hydrogen (secondary N) is 1. The van der Waals surface area contributed by atoms with Crippen LogP contribution in [0, 0.1) is 6.92 Å². The molecule has 1 aromatic carbocycles. The fourth-order valence-corrected chi connectivity index (χ4v) is 3.76. The van der Waals surface area contributed by atoms with Crippen LogP contribution >= 0.6 is 0 Å². The molecule has 0 radical (unpaired) electrons. The van der Waals surface area contributed by atoms with E-state index in [1.807, 2.05) is 43.5 Å². The predicted octanol–water partition coefficient (Wildman–Crippen LogP) is 2.10. The predicted molar refractivity (Wildman–Crippen MR) is 104 cm³/mol. The molecule has 1 saturated heterocycles. The Labute approximate surface area is 158 Å². The van der Waals surface area contributed by atoms with Gasteiger partial charge >= 0.3 is 5.69 Å². The Balaban J connectivity index is 1.61. The molecule has 27 heavy (non-hydrogen) atoms. The molecule has 1 N–H and O–H groups in total. The third kappa shape index (κ3) is 3.73. The Morgan fingerprint density at radius 2 is 2.07 bits per heavy atom. The lowest BCUT2D eigenvalue weighted by molar-refractivity contribution is 0.436. The van der Waals surface area contributed by atoms with Crippen LogP contribution in [0.1, 0.15) is 36.8 Å². The van der Waals surface area contributed by atoms with Crippen molar-refractivity contribution in [2.24, 2.45) is 0 Å². The highest BCUT2D eigenvalue weighted by Gasteiger charge is 2.24. The second-order valence-electron chi connectivity index (χ2n) is 7.10. The monoisotopic (exact) mass is 366 g/mol. The maximum absolute atomic E-state index is 13.1. The highest BCUT2D eigenvalue weighted by Crippen LogP contribution is 2.23. The molecule has 2 aromatic heterocycles. The number of para-hydroxylation sites is 1. The molecule has 7 nitrogen and oxygen atoms in total. The van der Waals surface area contributed by atoms with Crippen LogP contribution < -0.4 is 11.0 Å². The van der Waals surface area contributed by atoms with E-state index in [9.17, 15) is 4.79 Å². The molecule has 1 atom stereocenters. The van der Waals surface area contributed by atoms with Gasteiger partial charge in [0.1, 0.15) is 11.6 Å². The van der Waals surface area contributed by atoms with Crippen molar-refractivity contribution in [3.05, 3.63) is 64.9 Å². The van der Waals surface area contributed by atoms with Gasteiger partial charge in [0.15, 0.2) is 0 Å². The lowest BCUT2D eigenvalue weighted by Gasteiger charge is -2.22. The van der Waals surface area contributed by atoms with Crippen molar-refractivity contribution < 1.29 is 0 Å². The number of nitrogens with zero attached hydrogens (tertiary/aromatic N) is 5. The minimum absolute atomic E-state index is 0.0517. The van der Waals surface area contributed by atoms with E-state index in [0.29, 0.717) is 6.54 Å². The third-order valence-corrected chi connectivity index (χ3v) is 5.23. The molecule has 0 saturated carbocycles. The Bertz CT molecular complexity index is 933. The lowest BCUT2D eigenvalue weighted by atomic mass is 9.99. The van der Waals surface area contributed by atoms with Crippen molar-refractivity contribution in [3.63, 3.8) is 0 Å². The summed E-state index contributed by atoms with van der Waals surface area (Å²) < 4.78 is 5.52. The van der Waals surface area contributed by atoms with E-state index in [1.165, 1.54) is 0 Å². The van der Waals surface area contributed by atoms with Crippen molar-refractivity contribution >= 4 is 0 Å². The highest BCUT2D eigenvalue weighted by molar-refractivity contribution is 5.33. The topological polar surface area (TPSA) is 69.7 Å². The average molecular weight is 366 g/mol. The molecule has 0 bridgehead atoms. The Morgan fingerprint density at radius 3 is 2.78 bits per heavy atom. The third-order valence-electron chi connectivity index (χ3n) is 5.23. The van der Waals surface area contributed by atoms with Crippen LogP contribution in [-0.2, 0) is 13.1 Å². The van der Waals surface area contributed by atoms with Gasteiger partial charge in [-0.25, -0.2) is 19.0 Å². The first-order chi connectivity index (χ1) is 13.2. The first kappa shape index (κ1) is 17.7. The summed E-state index contributed by atoms with van der Waals surface area (Å²) in [6, 6.07) is 9.84. The Kier molecular flexibility index (Phi) is 5.20. The first-order valence-corrected chi connectivity index (χ1v) is 9.67. The molecule has 0 unspecified atom stereocenters. The number of rotatable bonds is 6. The van der Waals surface area contributed by atoms with Crippen molar-refractivity contribution in [2.75, 3.05) is 13.1 Å². The van der Waals surface area contributed by atoms with E-state index in [1.54, 1.807) is 15.4 Å². The number of imidazole rings is 1. The summed E-state index contributed by atoms with van der Waals surface area (Å²) in [5, 5.41) is 8.19. The zero-order valence-corrected chi connectivity index (χ0v) is 15.7. The molecule has 4 rings (SSSR count). The maximum Gasteiger partial charge on any atom is 0.350 e. The number of hydrogen-bond donors (Lipinski definition) is 1. The number of hydrogen-bond acceptors (Lipinski definition) is 4. The second-order valence-corrected chi connectivity index (χ2v) is 7.10. The van der Waals surface area contributed by atoms with Crippen LogP contribution in [0.5, 0.6) is 0 Å². The summed E-state index contributed by atoms with van der Waals surface area (Å²) in [6.45, 7) is 5.33. The molecule has 1 aliphatic heterocycles. The standard InChI is InChI=1S/C20H26N6O/c1-16-22-11-14-24(16)12-6-13-25-20(27)26(18-8-3-2-4-9-18)19(23-25)17-7-5-10-21-15-17/h2-4,8-9,11,14,17,21H,5-7,10,12-13,15H2,1H3/t17-/m1/s1. The molecule has 3 heterocycles. The van der Waals surface area contributed by atoms with E-state index in [4.69, 9.17) is 5.10 Å². The van der Waals surface area contributed by atoms with Crippen LogP contribution in [-0.4, -0.2) is 37.0 Å². The molecule has 7 heteroatoms. The molecular formula is C20H26N6O. The van der Waals surface area contributed by atoms with Crippen LogP contribution in [0.2, 0.25) is 0 Å². The van der Waals surface area contributed by atoms with Gasteiger partial charge in [0.25, 0.3) is 0 Å². The summed E-state index contributed by atoms with van der Waals surface area (Å²) in [5.41, 5.74) is 0.837. The number of aryl methyl sites for hydroxylation is 3. The molecular weight excluding hydrogens is 340 g/mol. The smallest absolute Gasteiger partial charge is 0.335 e. The van der Waals surface area contributed by atoms with Gasteiger partial charge in [-0.3, -0.25) is 0 Å². The zero-order valence-electron chi connectivity index (χ0n) is 15.7. The zero-order chi connectivity index (χ0) is 18.6. The summed E-state index contributed by atoms with van der Waals surface area (Å²) in [6.07, 6.45) is 6.79. The van der Waals surface area contributed by atoms with Gasteiger partial charge < -0.3 is 9.88 Å². The van der Waals surface area contributed by atoms with Gasteiger partial charge in [0, 0.05) is 37.9 Å². The number of aromatic nitrogens is 5. The Hall–Kier alpha value is -2.67. The fourth-order valence-electron chi connectivity index (χ4n) is 3.76. The van der Waals surface area contributed by atoms with Gasteiger partial charge in [-0.05, 0) is 44.9 Å². The molecule has 0 spiro atoms. The van der Waals surface area contributed by atoms with Gasteiger partial charge in [-0.15, -0.1) is 0 Å². The van der Waals surface area contributed by atoms with Crippen molar-refractivity contribution in [1.29, 1.82) is 0 Å². The highest BCUT2D eigenvalue weighted by atomic mass is 16.2. The van der Waals surface area contributed by atoms with Crippen LogP contribution in [0.3, 0.4) is 0 Å². The SMILES string of the molecule is Cc1nccn1CCCn1nc([C@@H]2CCCNC2)n(-c2ccccc2)c1=O. The molecule has 0 aliphatic carbocycles. The summed E-state index contributed by atoms with van der Waals surface area (Å²) in [4.78, 5) is 17.4. The van der Waals surface area contributed by atoms with E-state index < -0.39 is 0 Å². The first-order valence-electron chi connectivity index (χ1n) is 9.67. The molecule has 3 aromatic rings. The Morgan fingerprint density at radius 1 is 1.22 bits per heavy atom. The van der Waals surface area contributed by atoms with E-state index in [0.717, 1.165) is 56.2 Å². The van der Waals surface area contributed by atoms with Gasteiger partial charge in [0.2, 0.25) is 0 Å². The van der Waals surface area contributed by atoms with Gasteiger partial charge in [-0.1, -0.05) is 18.2 Å². The van der Waals surface area contributed by atoms with Crippen molar-refractivity contribution in [2.45, 2.75) is 45.2 Å². The minimum Gasteiger partial charge on any atom is -0.335 e. The van der Waals surface area contributed by atoms with E-state index in [2.05, 4.69) is 14.9 Å². The largest absolute Gasteiger partial charge is 0.350 e. The minimum atomic E-state index is -0.0517. The van der Waals surface area contributed by atoms with Crippen LogP contribution in [0.15, 0.2) is 47.5 Å². The molecule has 142 valence electrons. The van der Waals surface area contributed by atoms with Crippen LogP contribution in [0.25, 0.3) is 5.69 Å².